The summed E-state index contributed by atoms with van der Waals surface area (Å²) in [5.41, 5.74) is -0.225. The largest absolute Gasteiger partial charge is 0.450 e. The van der Waals surface area contributed by atoms with Crippen molar-refractivity contribution in [2.45, 2.75) is 31.3 Å². The summed E-state index contributed by atoms with van der Waals surface area (Å²) in [6, 6.07) is 0. The number of hydrogen-bond donors (Lipinski definition) is 0. The van der Waals surface area contributed by atoms with Crippen molar-refractivity contribution in [2.24, 2.45) is 0 Å². The minimum Gasteiger partial charge on any atom is -0.450 e. The second kappa shape index (κ2) is 6.07. The highest BCUT2D eigenvalue weighted by Gasteiger charge is 2.39. The SMILES string of the molecule is CSC(=O)OC1(CN2CCOCC2)CCCC1. The van der Waals surface area contributed by atoms with Gasteiger partial charge in [0.15, 0.2) is 0 Å². The van der Waals surface area contributed by atoms with Crippen molar-refractivity contribution in [3.63, 3.8) is 0 Å². The number of ether oxygens (including phenoxy) is 2. The molecule has 5 heteroatoms. The van der Waals surface area contributed by atoms with Gasteiger partial charge in [-0.25, -0.2) is 4.79 Å². The third-order valence-corrected chi connectivity index (χ3v) is 4.01. The quantitative estimate of drug-likeness (QED) is 0.726. The van der Waals surface area contributed by atoms with Gasteiger partial charge in [0.1, 0.15) is 5.60 Å². The highest BCUT2D eigenvalue weighted by molar-refractivity contribution is 8.12. The number of nitrogens with zero attached hydrogens (tertiary/aromatic N) is 1. The van der Waals surface area contributed by atoms with E-state index in [1.54, 1.807) is 6.26 Å². The van der Waals surface area contributed by atoms with Crippen molar-refractivity contribution in [3.05, 3.63) is 0 Å². The van der Waals surface area contributed by atoms with E-state index >= 15 is 0 Å². The molecule has 0 amide bonds. The van der Waals surface area contributed by atoms with Crippen molar-refractivity contribution in [2.75, 3.05) is 39.1 Å². The first-order valence-electron chi connectivity index (χ1n) is 6.31. The lowest BCUT2D eigenvalue weighted by Crippen LogP contribution is -2.48. The first-order valence-corrected chi connectivity index (χ1v) is 7.54. The third kappa shape index (κ3) is 3.60. The molecule has 98 valence electrons. The molecular weight excluding hydrogens is 238 g/mol. The fraction of sp³-hybridized carbons (Fsp3) is 0.917. The number of carbonyl (C=O) groups excluding carboxylic acids is 1. The van der Waals surface area contributed by atoms with Gasteiger partial charge in [-0.15, -0.1) is 0 Å². The molecule has 1 saturated carbocycles. The van der Waals surface area contributed by atoms with Crippen molar-refractivity contribution in [3.8, 4) is 0 Å². The van der Waals surface area contributed by atoms with E-state index in [0.29, 0.717) is 0 Å². The van der Waals surface area contributed by atoms with E-state index in [4.69, 9.17) is 9.47 Å². The molecule has 2 rings (SSSR count). The average molecular weight is 259 g/mol. The van der Waals surface area contributed by atoms with Crippen LogP contribution >= 0.6 is 11.8 Å². The number of morpholine rings is 1. The van der Waals surface area contributed by atoms with Gasteiger partial charge in [0.2, 0.25) is 0 Å². The van der Waals surface area contributed by atoms with Gasteiger partial charge in [0, 0.05) is 19.6 Å². The second-order valence-electron chi connectivity index (χ2n) is 4.83. The molecule has 2 fully saturated rings. The van der Waals surface area contributed by atoms with E-state index in [9.17, 15) is 4.79 Å². The predicted molar refractivity (Wildman–Crippen MR) is 68.5 cm³/mol. The number of carbonyl (C=O) groups is 1. The molecule has 0 bridgehead atoms. The Morgan fingerprint density at radius 1 is 1.35 bits per heavy atom. The first kappa shape index (κ1) is 13.2. The fourth-order valence-electron chi connectivity index (χ4n) is 2.70. The van der Waals surface area contributed by atoms with Crippen LogP contribution in [0.1, 0.15) is 25.7 Å². The Labute approximate surface area is 107 Å². The standard InChI is InChI=1S/C12H21NO3S/c1-17-11(14)16-12(4-2-3-5-12)10-13-6-8-15-9-7-13/h2-10H2,1H3. The Balaban J connectivity index is 1.93. The lowest BCUT2D eigenvalue weighted by Gasteiger charge is -2.36. The minimum absolute atomic E-state index is 0.139. The Hall–Kier alpha value is -0.260. The van der Waals surface area contributed by atoms with Gasteiger partial charge in [-0.1, -0.05) is 0 Å². The number of rotatable bonds is 3. The molecule has 2 aliphatic rings. The molecule has 0 radical (unpaired) electrons. The molecule has 0 N–H and O–H groups in total. The van der Waals surface area contributed by atoms with Crippen LogP contribution in [0.2, 0.25) is 0 Å². The maximum Gasteiger partial charge on any atom is 0.367 e. The normalized spacial score (nSPS) is 24.8. The van der Waals surface area contributed by atoms with Crippen molar-refractivity contribution >= 4 is 17.1 Å². The predicted octanol–water partition coefficient (Wildman–Crippen LogP) is 2.13. The smallest absolute Gasteiger partial charge is 0.367 e. The molecule has 1 heterocycles. The summed E-state index contributed by atoms with van der Waals surface area (Å²) in [6.45, 7) is 4.39. The molecule has 0 aromatic carbocycles. The van der Waals surface area contributed by atoms with Crippen LogP contribution in [0.4, 0.5) is 4.79 Å². The molecule has 1 aliphatic carbocycles. The lowest BCUT2D eigenvalue weighted by molar-refractivity contribution is -0.0299. The van der Waals surface area contributed by atoms with Gasteiger partial charge in [-0.05, 0) is 43.7 Å². The Kier molecular flexibility index (Phi) is 4.70. The number of hydrogen-bond acceptors (Lipinski definition) is 5. The topological polar surface area (TPSA) is 38.8 Å². The van der Waals surface area contributed by atoms with Gasteiger partial charge in [-0.3, -0.25) is 4.90 Å². The average Bonchev–Trinajstić information content (AvgIpc) is 2.78. The molecule has 0 aromatic heterocycles. The highest BCUT2D eigenvalue weighted by Crippen LogP contribution is 2.35. The Morgan fingerprint density at radius 2 is 2.00 bits per heavy atom. The van der Waals surface area contributed by atoms with Crippen LogP contribution in [0.3, 0.4) is 0 Å². The molecular formula is C12H21NO3S. The van der Waals surface area contributed by atoms with E-state index in [-0.39, 0.29) is 10.9 Å². The van der Waals surface area contributed by atoms with Crippen LogP contribution in [0.5, 0.6) is 0 Å². The van der Waals surface area contributed by atoms with Crippen molar-refractivity contribution in [1.29, 1.82) is 0 Å². The molecule has 17 heavy (non-hydrogen) atoms. The van der Waals surface area contributed by atoms with Crippen molar-refractivity contribution in [1.82, 2.24) is 4.90 Å². The Morgan fingerprint density at radius 3 is 2.59 bits per heavy atom. The maximum atomic E-state index is 11.5. The molecule has 1 saturated heterocycles. The van der Waals surface area contributed by atoms with Gasteiger partial charge < -0.3 is 9.47 Å². The van der Waals surface area contributed by atoms with Crippen LogP contribution < -0.4 is 0 Å². The molecule has 0 atom stereocenters. The van der Waals surface area contributed by atoms with Gasteiger partial charge in [0.25, 0.3) is 0 Å². The molecule has 0 aromatic rings. The van der Waals surface area contributed by atoms with Crippen LogP contribution in [0.15, 0.2) is 0 Å². The van der Waals surface area contributed by atoms with E-state index in [2.05, 4.69) is 4.90 Å². The zero-order valence-electron chi connectivity index (χ0n) is 10.4. The number of thioether (sulfide) groups is 1. The molecule has 1 aliphatic heterocycles. The van der Waals surface area contributed by atoms with E-state index in [0.717, 1.165) is 45.7 Å². The van der Waals surface area contributed by atoms with Gasteiger partial charge >= 0.3 is 5.30 Å². The zero-order valence-corrected chi connectivity index (χ0v) is 11.3. The summed E-state index contributed by atoms with van der Waals surface area (Å²) in [6.07, 6.45) is 6.14. The van der Waals surface area contributed by atoms with Crippen LogP contribution in [0, 0.1) is 0 Å². The van der Waals surface area contributed by atoms with Crippen LogP contribution in [-0.4, -0.2) is 54.9 Å². The van der Waals surface area contributed by atoms with E-state index < -0.39 is 0 Å². The first-order chi connectivity index (χ1) is 8.24. The summed E-state index contributed by atoms with van der Waals surface area (Å²) in [5, 5.41) is -0.139. The van der Waals surface area contributed by atoms with Crippen LogP contribution in [0.25, 0.3) is 0 Å². The molecule has 4 nitrogen and oxygen atoms in total. The van der Waals surface area contributed by atoms with E-state index in [1.165, 1.54) is 24.6 Å². The summed E-state index contributed by atoms with van der Waals surface area (Å²) in [5.74, 6) is 0. The lowest BCUT2D eigenvalue weighted by atomic mass is 10.0. The minimum atomic E-state index is -0.225. The monoisotopic (exact) mass is 259 g/mol. The van der Waals surface area contributed by atoms with Crippen molar-refractivity contribution < 1.29 is 14.3 Å². The zero-order chi connectivity index (χ0) is 12.1. The summed E-state index contributed by atoms with van der Waals surface area (Å²) in [4.78, 5) is 13.9. The summed E-state index contributed by atoms with van der Waals surface area (Å²) < 4.78 is 11.0. The third-order valence-electron chi connectivity index (χ3n) is 3.60. The molecule has 0 spiro atoms. The highest BCUT2D eigenvalue weighted by atomic mass is 32.2. The Bertz CT molecular complexity index is 260. The van der Waals surface area contributed by atoms with E-state index in [1.807, 2.05) is 0 Å². The maximum absolute atomic E-state index is 11.5. The second-order valence-corrected chi connectivity index (χ2v) is 5.58. The van der Waals surface area contributed by atoms with Crippen LogP contribution in [-0.2, 0) is 9.47 Å². The molecule has 0 unspecified atom stereocenters. The fourth-order valence-corrected chi connectivity index (χ4v) is 2.96. The van der Waals surface area contributed by atoms with Gasteiger partial charge in [-0.2, -0.15) is 0 Å². The van der Waals surface area contributed by atoms with Gasteiger partial charge in [0.05, 0.1) is 13.2 Å². The summed E-state index contributed by atoms with van der Waals surface area (Å²) in [7, 11) is 0. The summed E-state index contributed by atoms with van der Waals surface area (Å²) >= 11 is 1.17.